The van der Waals surface area contributed by atoms with Crippen LogP contribution in [0.1, 0.15) is 19.8 Å². The quantitative estimate of drug-likeness (QED) is 0.776. The Morgan fingerprint density at radius 2 is 1.94 bits per heavy atom. The van der Waals surface area contributed by atoms with E-state index in [4.69, 9.17) is 15.0 Å². The number of halogens is 3. The van der Waals surface area contributed by atoms with Crippen LogP contribution in [0.3, 0.4) is 0 Å². The summed E-state index contributed by atoms with van der Waals surface area (Å²) in [6.07, 6.45) is -3.10. The molecule has 10 heteroatoms. The molecule has 0 aromatic rings. The van der Waals surface area contributed by atoms with E-state index in [-0.39, 0.29) is 0 Å². The molecule has 0 radical (unpaired) electrons. The zero-order chi connectivity index (χ0) is 14.6. The molecule has 108 valence electrons. The van der Waals surface area contributed by atoms with Gasteiger partial charge in [0.25, 0.3) is 10.2 Å². The summed E-state index contributed by atoms with van der Waals surface area (Å²) in [5, 5.41) is 12.1. The van der Waals surface area contributed by atoms with Gasteiger partial charge in [-0.05, 0) is 12.3 Å². The van der Waals surface area contributed by atoms with Gasteiger partial charge in [-0.15, -0.1) is 0 Å². The van der Waals surface area contributed by atoms with Crippen molar-refractivity contribution in [2.45, 2.75) is 25.9 Å². The van der Waals surface area contributed by atoms with Crippen LogP contribution in [0.5, 0.6) is 0 Å². The first-order chi connectivity index (χ1) is 7.98. The molecule has 0 saturated carbocycles. The number of carbonyl (C=O) groups is 1. The van der Waals surface area contributed by atoms with Crippen LogP contribution in [-0.4, -0.2) is 43.1 Å². The van der Waals surface area contributed by atoms with Crippen molar-refractivity contribution in [2.24, 2.45) is 11.1 Å². The Bertz CT molecular complexity index is 382. The van der Waals surface area contributed by atoms with Gasteiger partial charge in [0.05, 0.1) is 0 Å². The molecule has 0 aliphatic carbocycles. The molecule has 1 fully saturated rings. The van der Waals surface area contributed by atoms with Gasteiger partial charge in [-0.3, -0.25) is 0 Å². The zero-order valence-corrected chi connectivity index (χ0v) is 10.5. The number of nitrogens with two attached hydrogens (primary N) is 1. The van der Waals surface area contributed by atoms with E-state index < -0.39 is 22.4 Å². The molecule has 1 rings (SSSR count). The minimum absolute atomic E-state index is 0.508. The lowest BCUT2D eigenvalue weighted by Crippen LogP contribution is -2.34. The molecule has 3 N–H and O–H groups in total. The van der Waals surface area contributed by atoms with Crippen molar-refractivity contribution in [3.63, 3.8) is 0 Å². The normalized spacial score (nSPS) is 21.3. The Morgan fingerprint density at radius 1 is 1.50 bits per heavy atom. The Hall–Kier alpha value is -0.870. The van der Waals surface area contributed by atoms with Gasteiger partial charge in [-0.2, -0.15) is 25.9 Å². The average Bonchev–Trinajstić information content (AvgIpc) is 2.64. The van der Waals surface area contributed by atoms with Gasteiger partial charge >= 0.3 is 12.1 Å². The van der Waals surface area contributed by atoms with Crippen LogP contribution in [0, 0.1) is 5.92 Å². The second-order valence-electron chi connectivity index (χ2n) is 3.77. The second-order valence-corrected chi connectivity index (χ2v) is 5.32. The van der Waals surface area contributed by atoms with E-state index in [1.165, 1.54) is 4.31 Å². The number of alkyl halides is 3. The maximum absolute atomic E-state index is 10.8. The molecule has 1 aliphatic heterocycles. The topological polar surface area (TPSA) is 101 Å². The molecule has 0 spiro atoms. The average molecular weight is 292 g/mol. The highest BCUT2D eigenvalue weighted by Gasteiger charge is 2.38. The molecule has 0 amide bonds. The highest BCUT2D eigenvalue weighted by Crippen LogP contribution is 2.19. The Labute approximate surface area is 103 Å². The summed E-state index contributed by atoms with van der Waals surface area (Å²) in [6, 6.07) is 0. The van der Waals surface area contributed by atoms with Gasteiger partial charge in [0.1, 0.15) is 0 Å². The van der Waals surface area contributed by atoms with E-state index in [1.807, 2.05) is 0 Å². The number of hydrogen-bond acceptors (Lipinski definition) is 3. The molecule has 1 unspecified atom stereocenters. The summed E-state index contributed by atoms with van der Waals surface area (Å²) in [6.45, 7) is 3.27. The molecule has 1 heterocycles. The smallest absolute Gasteiger partial charge is 0.475 e. The van der Waals surface area contributed by atoms with Gasteiger partial charge in [-0.25, -0.2) is 9.93 Å². The first kappa shape index (κ1) is 17.1. The third-order valence-corrected chi connectivity index (χ3v) is 3.48. The van der Waals surface area contributed by atoms with Gasteiger partial charge in [0.2, 0.25) is 0 Å². The summed E-state index contributed by atoms with van der Waals surface area (Å²) >= 11 is 0. The summed E-state index contributed by atoms with van der Waals surface area (Å²) < 4.78 is 54.7. The van der Waals surface area contributed by atoms with Crippen LogP contribution < -0.4 is 5.14 Å². The van der Waals surface area contributed by atoms with Gasteiger partial charge in [0.15, 0.2) is 0 Å². The third kappa shape index (κ3) is 6.17. The van der Waals surface area contributed by atoms with E-state index in [0.29, 0.717) is 19.0 Å². The van der Waals surface area contributed by atoms with E-state index in [9.17, 15) is 21.6 Å². The fourth-order valence-electron chi connectivity index (χ4n) is 1.36. The minimum atomic E-state index is -5.08. The molecule has 18 heavy (non-hydrogen) atoms. The monoisotopic (exact) mass is 292 g/mol. The van der Waals surface area contributed by atoms with Crippen molar-refractivity contribution in [3.8, 4) is 0 Å². The summed E-state index contributed by atoms with van der Waals surface area (Å²) in [5.41, 5.74) is 0. The molecular weight excluding hydrogens is 277 g/mol. The fraction of sp³-hybridized carbons (Fsp3) is 0.875. The van der Waals surface area contributed by atoms with E-state index in [1.54, 1.807) is 0 Å². The standard InChI is InChI=1S/C6H14N2O2S.C2HF3O2/c1-2-6-3-4-8(5-6)11(7,9)10;3-2(4,5)1(6)7/h6H,2-5H2,1H3,(H2,7,9,10);(H,6,7). The van der Waals surface area contributed by atoms with Crippen LogP contribution in [0.2, 0.25) is 0 Å². The Kier molecular flexibility index (Phi) is 6.04. The number of nitrogens with zero attached hydrogens (tertiary/aromatic N) is 1. The lowest BCUT2D eigenvalue weighted by molar-refractivity contribution is -0.192. The number of carboxylic acid groups (broad SMARTS) is 1. The predicted molar refractivity (Wildman–Crippen MR) is 56.8 cm³/mol. The minimum Gasteiger partial charge on any atom is -0.475 e. The lowest BCUT2D eigenvalue weighted by Gasteiger charge is -2.11. The summed E-state index contributed by atoms with van der Waals surface area (Å²) in [7, 11) is -3.41. The summed E-state index contributed by atoms with van der Waals surface area (Å²) in [4.78, 5) is 8.90. The third-order valence-electron chi connectivity index (χ3n) is 2.43. The molecule has 1 atom stereocenters. The number of rotatable bonds is 2. The van der Waals surface area contributed by atoms with Crippen LogP contribution in [0.25, 0.3) is 0 Å². The predicted octanol–water partition coefficient (Wildman–Crippen LogP) is 0.555. The maximum Gasteiger partial charge on any atom is 0.490 e. The van der Waals surface area contributed by atoms with E-state index >= 15 is 0 Å². The van der Waals surface area contributed by atoms with Gasteiger partial charge in [-0.1, -0.05) is 13.3 Å². The first-order valence-corrected chi connectivity index (χ1v) is 6.56. The number of hydrogen-bond donors (Lipinski definition) is 2. The van der Waals surface area contributed by atoms with Crippen molar-refractivity contribution in [1.29, 1.82) is 0 Å². The Morgan fingerprint density at radius 3 is 2.11 bits per heavy atom. The molecule has 1 aliphatic rings. The molecular formula is C8H15F3N2O4S. The molecule has 0 bridgehead atoms. The van der Waals surface area contributed by atoms with E-state index in [2.05, 4.69) is 6.92 Å². The number of carboxylic acids is 1. The van der Waals surface area contributed by atoms with Crippen molar-refractivity contribution in [1.82, 2.24) is 4.31 Å². The van der Waals surface area contributed by atoms with Crippen molar-refractivity contribution in [3.05, 3.63) is 0 Å². The molecule has 0 aromatic carbocycles. The van der Waals surface area contributed by atoms with Crippen LogP contribution in [0.15, 0.2) is 0 Å². The SMILES string of the molecule is CCC1CCN(S(N)(=O)=O)C1.O=C(O)C(F)(F)F. The van der Waals surface area contributed by atoms with Crippen molar-refractivity contribution >= 4 is 16.2 Å². The van der Waals surface area contributed by atoms with Gasteiger partial charge in [0, 0.05) is 13.1 Å². The van der Waals surface area contributed by atoms with Gasteiger partial charge < -0.3 is 5.11 Å². The largest absolute Gasteiger partial charge is 0.490 e. The molecule has 0 aromatic heterocycles. The van der Waals surface area contributed by atoms with Crippen LogP contribution in [-0.2, 0) is 15.0 Å². The maximum atomic E-state index is 10.8. The fourth-order valence-corrected chi connectivity index (χ4v) is 2.14. The van der Waals surface area contributed by atoms with Crippen LogP contribution in [0.4, 0.5) is 13.2 Å². The zero-order valence-electron chi connectivity index (χ0n) is 9.64. The lowest BCUT2D eigenvalue weighted by atomic mass is 10.1. The Balaban J connectivity index is 0.000000360. The number of aliphatic carboxylic acids is 1. The molecule has 6 nitrogen and oxygen atoms in total. The second kappa shape index (κ2) is 6.34. The van der Waals surface area contributed by atoms with Crippen LogP contribution >= 0.6 is 0 Å². The van der Waals surface area contributed by atoms with Crippen molar-refractivity contribution < 1.29 is 31.5 Å². The van der Waals surface area contributed by atoms with E-state index in [0.717, 1.165) is 12.8 Å². The van der Waals surface area contributed by atoms with Crippen molar-refractivity contribution in [2.75, 3.05) is 13.1 Å². The highest BCUT2D eigenvalue weighted by molar-refractivity contribution is 7.86. The highest BCUT2D eigenvalue weighted by atomic mass is 32.2. The summed E-state index contributed by atoms with van der Waals surface area (Å²) in [5.74, 6) is -2.25. The molecule has 1 saturated heterocycles. The first-order valence-electron chi connectivity index (χ1n) is 5.06.